The number of amides is 1. The van der Waals surface area contributed by atoms with Gasteiger partial charge in [0.1, 0.15) is 5.82 Å². The van der Waals surface area contributed by atoms with Crippen LogP contribution in [0.15, 0.2) is 36.7 Å². The predicted octanol–water partition coefficient (Wildman–Crippen LogP) is 2.32. The zero-order valence-corrected chi connectivity index (χ0v) is 12.4. The molecule has 1 amide bonds. The maximum Gasteiger partial charge on any atom is 0.224 e. The van der Waals surface area contributed by atoms with Crippen LogP contribution < -0.4 is 11.1 Å². The number of aryl methyl sites for hydroxylation is 2. The standard InChI is InChI=1S/C16H22N4O/c1-2-15-18-8-10-20(15)9-4-7-16(21)19-14-6-3-5-13(11-14)12-17/h3,5-6,8,10-11H,2,4,7,9,12,17H2,1H3,(H,19,21). The van der Waals surface area contributed by atoms with E-state index in [0.29, 0.717) is 13.0 Å². The number of carbonyl (C=O) groups is 1. The number of nitrogens with zero attached hydrogens (tertiary/aromatic N) is 2. The Kier molecular flexibility index (Phi) is 5.51. The molecule has 0 aliphatic heterocycles. The predicted molar refractivity (Wildman–Crippen MR) is 83.8 cm³/mol. The van der Waals surface area contributed by atoms with Crippen molar-refractivity contribution >= 4 is 11.6 Å². The van der Waals surface area contributed by atoms with E-state index in [0.717, 1.165) is 36.5 Å². The maximum atomic E-state index is 11.9. The zero-order valence-electron chi connectivity index (χ0n) is 12.4. The SMILES string of the molecule is CCc1nccn1CCCC(=O)Nc1cccc(CN)c1. The molecule has 0 aliphatic rings. The molecular weight excluding hydrogens is 264 g/mol. The number of anilines is 1. The first-order valence-corrected chi connectivity index (χ1v) is 7.31. The van der Waals surface area contributed by atoms with E-state index in [4.69, 9.17) is 5.73 Å². The van der Waals surface area contributed by atoms with Crippen LogP contribution in [-0.2, 0) is 24.3 Å². The topological polar surface area (TPSA) is 72.9 Å². The van der Waals surface area contributed by atoms with E-state index in [1.165, 1.54) is 0 Å². The monoisotopic (exact) mass is 286 g/mol. The Balaban J connectivity index is 1.79. The van der Waals surface area contributed by atoms with Crippen molar-refractivity contribution in [1.82, 2.24) is 9.55 Å². The van der Waals surface area contributed by atoms with E-state index in [2.05, 4.69) is 21.8 Å². The van der Waals surface area contributed by atoms with Crippen molar-refractivity contribution in [2.45, 2.75) is 39.3 Å². The second kappa shape index (κ2) is 7.59. The summed E-state index contributed by atoms with van der Waals surface area (Å²) in [6.45, 7) is 3.37. The molecule has 0 atom stereocenters. The number of carbonyl (C=O) groups excluding carboxylic acids is 1. The molecule has 2 aromatic rings. The smallest absolute Gasteiger partial charge is 0.224 e. The third-order valence-electron chi connectivity index (χ3n) is 3.37. The van der Waals surface area contributed by atoms with Crippen LogP contribution in [0.4, 0.5) is 5.69 Å². The molecule has 0 fully saturated rings. The molecule has 5 nitrogen and oxygen atoms in total. The molecule has 0 radical (unpaired) electrons. The molecule has 1 heterocycles. The first kappa shape index (κ1) is 15.3. The average molecular weight is 286 g/mol. The summed E-state index contributed by atoms with van der Waals surface area (Å²) < 4.78 is 2.10. The minimum atomic E-state index is 0.0299. The van der Waals surface area contributed by atoms with Gasteiger partial charge < -0.3 is 15.6 Å². The van der Waals surface area contributed by atoms with Crippen LogP contribution in [0.2, 0.25) is 0 Å². The summed E-state index contributed by atoms with van der Waals surface area (Å²) in [4.78, 5) is 16.2. The molecule has 5 heteroatoms. The van der Waals surface area contributed by atoms with Crippen LogP contribution in [-0.4, -0.2) is 15.5 Å². The van der Waals surface area contributed by atoms with Crippen molar-refractivity contribution < 1.29 is 4.79 Å². The summed E-state index contributed by atoms with van der Waals surface area (Å²) in [6.07, 6.45) is 5.96. The Hall–Kier alpha value is -2.14. The van der Waals surface area contributed by atoms with Gasteiger partial charge in [-0.15, -0.1) is 0 Å². The van der Waals surface area contributed by atoms with Gasteiger partial charge in [-0.25, -0.2) is 4.98 Å². The fourth-order valence-corrected chi connectivity index (χ4v) is 2.27. The van der Waals surface area contributed by atoms with Gasteiger partial charge in [0.15, 0.2) is 0 Å². The lowest BCUT2D eigenvalue weighted by Gasteiger charge is -2.08. The maximum absolute atomic E-state index is 11.9. The average Bonchev–Trinajstić information content (AvgIpc) is 2.95. The number of hydrogen-bond acceptors (Lipinski definition) is 3. The van der Waals surface area contributed by atoms with E-state index < -0.39 is 0 Å². The Morgan fingerprint density at radius 2 is 2.29 bits per heavy atom. The molecule has 2 rings (SSSR count). The van der Waals surface area contributed by atoms with E-state index >= 15 is 0 Å². The number of rotatable bonds is 7. The van der Waals surface area contributed by atoms with Crippen LogP contribution in [0.25, 0.3) is 0 Å². The minimum Gasteiger partial charge on any atom is -0.335 e. The van der Waals surface area contributed by atoms with Gasteiger partial charge in [0, 0.05) is 44.0 Å². The third kappa shape index (κ3) is 4.43. The third-order valence-corrected chi connectivity index (χ3v) is 3.37. The van der Waals surface area contributed by atoms with Crippen molar-refractivity contribution in [1.29, 1.82) is 0 Å². The Morgan fingerprint density at radius 1 is 1.43 bits per heavy atom. The van der Waals surface area contributed by atoms with Gasteiger partial charge in [0.2, 0.25) is 5.91 Å². The van der Waals surface area contributed by atoms with Crippen LogP contribution >= 0.6 is 0 Å². The van der Waals surface area contributed by atoms with E-state index in [1.54, 1.807) is 6.20 Å². The first-order chi connectivity index (χ1) is 10.2. The van der Waals surface area contributed by atoms with Gasteiger partial charge in [0.05, 0.1) is 0 Å². The summed E-state index contributed by atoms with van der Waals surface area (Å²) in [5.74, 6) is 1.09. The van der Waals surface area contributed by atoms with Crippen LogP contribution in [0.3, 0.4) is 0 Å². The second-order valence-electron chi connectivity index (χ2n) is 4.95. The highest BCUT2D eigenvalue weighted by atomic mass is 16.1. The lowest BCUT2D eigenvalue weighted by molar-refractivity contribution is -0.116. The molecule has 0 spiro atoms. The van der Waals surface area contributed by atoms with Crippen molar-refractivity contribution in [2.24, 2.45) is 5.73 Å². The number of hydrogen-bond donors (Lipinski definition) is 2. The fourth-order valence-electron chi connectivity index (χ4n) is 2.27. The summed E-state index contributed by atoms with van der Waals surface area (Å²) in [6, 6.07) is 7.63. The van der Waals surface area contributed by atoms with Crippen molar-refractivity contribution in [2.75, 3.05) is 5.32 Å². The Bertz CT molecular complexity index is 591. The lowest BCUT2D eigenvalue weighted by Crippen LogP contribution is -2.13. The Labute approximate surface area is 125 Å². The van der Waals surface area contributed by atoms with Crippen molar-refractivity contribution in [3.8, 4) is 0 Å². The summed E-state index contributed by atoms with van der Waals surface area (Å²) in [5.41, 5.74) is 7.41. The molecule has 0 bridgehead atoms. The lowest BCUT2D eigenvalue weighted by atomic mass is 10.2. The largest absolute Gasteiger partial charge is 0.335 e. The summed E-state index contributed by atoms with van der Waals surface area (Å²) in [7, 11) is 0. The molecule has 0 saturated heterocycles. The summed E-state index contributed by atoms with van der Waals surface area (Å²) >= 11 is 0. The van der Waals surface area contributed by atoms with Gasteiger partial charge in [-0.05, 0) is 24.1 Å². The second-order valence-corrected chi connectivity index (χ2v) is 4.95. The van der Waals surface area contributed by atoms with Crippen LogP contribution in [0, 0.1) is 0 Å². The van der Waals surface area contributed by atoms with E-state index in [1.807, 2.05) is 30.5 Å². The van der Waals surface area contributed by atoms with E-state index in [-0.39, 0.29) is 5.91 Å². The molecule has 0 saturated carbocycles. The van der Waals surface area contributed by atoms with Crippen molar-refractivity contribution in [3.05, 3.63) is 48.0 Å². The van der Waals surface area contributed by atoms with Crippen LogP contribution in [0.1, 0.15) is 31.2 Å². The zero-order chi connectivity index (χ0) is 15.1. The molecular formula is C16H22N4O. The molecule has 0 unspecified atom stereocenters. The molecule has 21 heavy (non-hydrogen) atoms. The highest BCUT2D eigenvalue weighted by molar-refractivity contribution is 5.90. The quantitative estimate of drug-likeness (QED) is 0.820. The van der Waals surface area contributed by atoms with Gasteiger partial charge in [-0.3, -0.25) is 4.79 Å². The highest BCUT2D eigenvalue weighted by Gasteiger charge is 2.05. The molecule has 3 N–H and O–H groups in total. The number of nitrogens with one attached hydrogen (secondary N) is 1. The van der Waals surface area contributed by atoms with Gasteiger partial charge in [-0.1, -0.05) is 19.1 Å². The minimum absolute atomic E-state index is 0.0299. The van der Waals surface area contributed by atoms with Gasteiger partial charge >= 0.3 is 0 Å². The van der Waals surface area contributed by atoms with Gasteiger partial charge in [0.25, 0.3) is 0 Å². The number of benzene rings is 1. The fraction of sp³-hybridized carbons (Fsp3) is 0.375. The highest BCUT2D eigenvalue weighted by Crippen LogP contribution is 2.11. The van der Waals surface area contributed by atoms with Crippen molar-refractivity contribution in [3.63, 3.8) is 0 Å². The van der Waals surface area contributed by atoms with Crippen LogP contribution in [0.5, 0.6) is 0 Å². The van der Waals surface area contributed by atoms with Gasteiger partial charge in [-0.2, -0.15) is 0 Å². The normalized spacial score (nSPS) is 10.6. The number of imidazole rings is 1. The number of nitrogens with two attached hydrogens (primary N) is 1. The first-order valence-electron chi connectivity index (χ1n) is 7.31. The molecule has 1 aromatic carbocycles. The molecule has 0 aliphatic carbocycles. The summed E-state index contributed by atoms with van der Waals surface area (Å²) in [5, 5.41) is 2.91. The Morgan fingerprint density at radius 3 is 3.05 bits per heavy atom. The number of aromatic nitrogens is 2. The molecule has 112 valence electrons. The van der Waals surface area contributed by atoms with E-state index in [9.17, 15) is 4.79 Å². The molecule has 1 aromatic heterocycles.